The Hall–Kier alpha value is -2.40. The fourth-order valence-corrected chi connectivity index (χ4v) is 4.27. The second kappa shape index (κ2) is 7.55. The number of piperazine rings is 1. The van der Waals surface area contributed by atoms with Gasteiger partial charge in [-0.3, -0.25) is 9.59 Å². The van der Waals surface area contributed by atoms with Crippen molar-refractivity contribution in [2.24, 2.45) is 0 Å². The van der Waals surface area contributed by atoms with Crippen molar-refractivity contribution in [3.63, 3.8) is 0 Å². The van der Waals surface area contributed by atoms with Gasteiger partial charge in [-0.1, -0.05) is 36.2 Å². The van der Waals surface area contributed by atoms with Crippen LogP contribution in [0.2, 0.25) is 5.02 Å². The van der Waals surface area contributed by atoms with E-state index in [2.05, 4.69) is 0 Å². The third-order valence-electron chi connectivity index (χ3n) is 5.94. The highest BCUT2D eigenvalue weighted by molar-refractivity contribution is 6.30. The second-order valence-corrected chi connectivity index (χ2v) is 7.97. The molecule has 0 N–H and O–H groups in total. The Bertz CT molecular complexity index is 888. The van der Waals surface area contributed by atoms with Crippen LogP contribution in [0.1, 0.15) is 35.2 Å². The first-order valence-corrected chi connectivity index (χ1v) is 9.98. The second-order valence-electron chi connectivity index (χ2n) is 7.54. The van der Waals surface area contributed by atoms with E-state index < -0.39 is 11.2 Å². The minimum atomic E-state index is -0.459. The first kappa shape index (κ1) is 18.9. The Labute approximate surface area is 168 Å². The van der Waals surface area contributed by atoms with Gasteiger partial charge >= 0.3 is 0 Å². The molecule has 0 spiro atoms. The van der Waals surface area contributed by atoms with Gasteiger partial charge in [-0.05, 0) is 48.7 Å². The van der Waals surface area contributed by atoms with Crippen molar-refractivity contribution in [2.45, 2.75) is 24.7 Å². The first-order valence-electron chi connectivity index (χ1n) is 9.60. The Balaban J connectivity index is 1.44. The van der Waals surface area contributed by atoms with Gasteiger partial charge in [0, 0.05) is 36.8 Å². The van der Waals surface area contributed by atoms with Gasteiger partial charge in [0.15, 0.2) is 0 Å². The van der Waals surface area contributed by atoms with Gasteiger partial charge in [0.05, 0.1) is 5.41 Å². The molecule has 1 aliphatic carbocycles. The van der Waals surface area contributed by atoms with Crippen molar-refractivity contribution in [3.05, 3.63) is 70.5 Å². The summed E-state index contributed by atoms with van der Waals surface area (Å²) in [6.45, 7) is 1.90. The number of nitrogens with zero attached hydrogens (tertiary/aromatic N) is 2. The van der Waals surface area contributed by atoms with Crippen molar-refractivity contribution >= 4 is 23.4 Å². The van der Waals surface area contributed by atoms with E-state index in [1.165, 1.54) is 18.2 Å². The number of hydrogen-bond acceptors (Lipinski definition) is 2. The van der Waals surface area contributed by atoms with E-state index >= 15 is 0 Å². The predicted molar refractivity (Wildman–Crippen MR) is 106 cm³/mol. The summed E-state index contributed by atoms with van der Waals surface area (Å²) in [4.78, 5) is 29.5. The third kappa shape index (κ3) is 3.39. The summed E-state index contributed by atoms with van der Waals surface area (Å²) in [5.41, 5.74) is 0.905. The lowest BCUT2D eigenvalue weighted by Crippen LogP contribution is -2.57. The van der Waals surface area contributed by atoms with Crippen molar-refractivity contribution in [3.8, 4) is 0 Å². The Kier molecular flexibility index (Phi) is 5.11. The largest absolute Gasteiger partial charge is 0.338 e. The van der Waals surface area contributed by atoms with Crippen molar-refractivity contribution < 1.29 is 14.0 Å². The van der Waals surface area contributed by atoms with Crippen LogP contribution in [-0.4, -0.2) is 47.8 Å². The minimum absolute atomic E-state index is 0.138. The Morgan fingerprint density at radius 3 is 2.14 bits per heavy atom. The van der Waals surface area contributed by atoms with E-state index in [1.54, 1.807) is 11.0 Å². The first-order chi connectivity index (χ1) is 13.5. The molecule has 0 bridgehead atoms. The zero-order valence-electron chi connectivity index (χ0n) is 15.5. The lowest BCUT2D eigenvalue weighted by atomic mass is 9.63. The summed E-state index contributed by atoms with van der Waals surface area (Å²) in [6.07, 6.45) is 2.72. The van der Waals surface area contributed by atoms with Gasteiger partial charge in [0.1, 0.15) is 5.82 Å². The summed E-state index contributed by atoms with van der Waals surface area (Å²) >= 11 is 6.00. The number of carbonyl (C=O) groups excluding carboxylic acids is 2. The average Bonchev–Trinajstić information content (AvgIpc) is 2.68. The maximum absolute atomic E-state index is 13.4. The number of hydrogen-bond donors (Lipinski definition) is 0. The van der Waals surface area contributed by atoms with Crippen molar-refractivity contribution in [1.82, 2.24) is 9.80 Å². The van der Waals surface area contributed by atoms with E-state index in [1.807, 2.05) is 29.2 Å². The van der Waals surface area contributed by atoms with Gasteiger partial charge in [0.25, 0.3) is 5.91 Å². The molecule has 146 valence electrons. The fraction of sp³-hybridized carbons (Fsp3) is 0.364. The molecule has 6 heteroatoms. The van der Waals surface area contributed by atoms with Crippen LogP contribution in [0.5, 0.6) is 0 Å². The van der Waals surface area contributed by atoms with E-state index in [0.29, 0.717) is 36.8 Å². The minimum Gasteiger partial charge on any atom is -0.338 e. The predicted octanol–water partition coefficient (Wildman–Crippen LogP) is 3.89. The molecule has 2 aromatic rings. The van der Waals surface area contributed by atoms with Crippen LogP contribution >= 0.6 is 11.6 Å². The van der Waals surface area contributed by atoms with E-state index in [4.69, 9.17) is 11.6 Å². The van der Waals surface area contributed by atoms with Crippen LogP contribution in [0.4, 0.5) is 4.39 Å². The summed E-state index contributed by atoms with van der Waals surface area (Å²) in [6, 6.07) is 13.3. The molecule has 0 atom stereocenters. The zero-order valence-corrected chi connectivity index (χ0v) is 16.3. The monoisotopic (exact) mass is 400 g/mol. The van der Waals surface area contributed by atoms with Crippen molar-refractivity contribution in [1.29, 1.82) is 0 Å². The quantitative estimate of drug-likeness (QED) is 0.784. The van der Waals surface area contributed by atoms with E-state index in [0.717, 1.165) is 24.8 Å². The molecule has 0 radical (unpaired) electrons. The number of carbonyl (C=O) groups is 2. The van der Waals surface area contributed by atoms with Crippen molar-refractivity contribution in [2.75, 3.05) is 26.2 Å². The molecular formula is C22H22ClFN2O2. The number of rotatable bonds is 3. The third-order valence-corrected chi connectivity index (χ3v) is 6.19. The molecule has 2 aliphatic rings. The molecule has 2 amide bonds. The molecular weight excluding hydrogens is 379 g/mol. The number of benzene rings is 2. The lowest BCUT2D eigenvalue weighted by molar-refractivity contribution is -0.142. The van der Waals surface area contributed by atoms with Crippen LogP contribution in [0.15, 0.2) is 48.5 Å². The molecule has 4 nitrogen and oxygen atoms in total. The SMILES string of the molecule is O=C(c1cccc(F)c1)N1CCN(C(=O)C2(c3ccc(Cl)cc3)CCC2)CC1. The van der Waals surface area contributed by atoms with Gasteiger partial charge in [-0.25, -0.2) is 4.39 Å². The van der Waals surface area contributed by atoms with E-state index in [9.17, 15) is 14.0 Å². The highest BCUT2D eigenvalue weighted by Crippen LogP contribution is 2.45. The van der Waals surface area contributed by atoms with Crippen LogP contribution in [0, 0.1) is 5.82 Å². The highest BCUT2D eigenvalue weighted by atomic mass is 35.5. The van der Waals surface area contributed by atoms with Crippen LogP contribution in [0.3, 0.4) is 0 Å². The molecule has 1 heterocycles. The smallest absolute Gasteiger partial charge is 0.254 e. The molecule has 28 heavy (non-hydrogen) atoms. The van der Waals surface area contributed by atoms with Crippen LogP contribution in [0.25, 0.3) is 0 Å². The Morgan fingerprint density at radius 1 is 0.929 bits per heavy atom. The van der Waals surface area contributed by atoms with Gasteiger partial charge in [-0.15, -0.1) is 0 Å². The summed E-state index contributed by atoms with van der Waals surface area (Å²) in [5, 5.41) is 0.662. The van der Waals surface area contributed by atoms with Gasteiger partial charge in [0.2, 0.25) is 5.91 Å². The summed E-state index contributed by atoms with van der Waals surface area (Å²) in [5.74, 6) is -0.476. The topological polar surface area (TPSA) is 40.6 Å². The molecule has 0 unspecified atom stereocenters. The van der Waals surface area contributed by atoms with E-state index in [-0.39, 0.29) is 11.8 Å². The normalized spacial score (nSPS) is 18.5. The molecule has 4 rings (SSSR count). The summed E-state index contributed by atoms with van der Waals surface area (Å²) in [7, 11) is 0. The van der Waals surface area contributed by atoms with Crippen LogP contribution in [-0.2, 0) is 10.2 Å². The molecule has 1 aliphatic heterocycles. The number of amides is 2. The molecule has 1 saturated carbocycles. The summed E-state index contributed by atoms with van der Waals surface area (Å²) < 4.78 is 13.4. The van der Waals surface area contributed by atoms with Gasteiger partial charge < -0.3 is 9.80 Å². The Morgan fingerprint density at radius 2 is 1.57 bits per heavy atom. The molecule has 1 saturated heterocycles. The lowest BCUT2D eigenvalue weighted by Gasteiger charge is -2.46. The maximum atomic E-state index is 13.4. The zero-order chi connectivity index (χ0) is 19.7. The highest BCUT2D eigenvalue weighted by Gasteiger charge is 2.48. The van der Waals surface area contributed by atoms with Crippen LogP contribution < -0.4 is 0 Å². The molecule has 0 aromatic heterocycles. The average molecular weight is 401 g/mol. The maximum Gasteiger partial charge on any atom is 0.254 e. The number of halogens is 2. The van der Waals surface area contributed by atoms with Gasteiger partial charge in [-0.2, -0.15) is 0 Å². The molecule has 2 aromatic carbocycles. The fourth-order valence-electron chi connectivity index (χ4n) is 4.14. The standard InChI is InChI=1S/C22H22ClFN2O2/c23-18-7-5-17(6-8-18)22(9-2-10-22)21(28)26-13-11-25(12-14-26)20(27)16-3-1-4-19(24)15-16/h1,3-8,15H,2,9-14H2. The molecule has 2 fully saturated rings.